The molecule has 0 aromatic heterocycles. The minimum atomic E-state index is -0.723. The first-order valence-electron chi connectivity index (χ1n) is 5.82. The Morgan fingerprint density at radius 2 is 2.12 bits per heavy atom. The lowest BCUT2D eigenvalue weighted by Crippen LogP contribution is -2.09. The molecular formula is C13H20N2O2. The zero-order valence-electron chi connectivity index (χ0n) is 10.4. The number of unbranched alkanes of at least 4 members (excludes halogenated alkanes) is 1. The van der Waals surface area contributed by atoms with Crippen molar-refractivity contribution in [2.75, 3.05) is 30.9 Å². The van der Waals surface area contributed by atoms with Gasteiger partial charge in [0.05, 0.1) is 0 Å². The molecule has 0 heterocycles. The quantitative estimate of drug-likeness (QED) is 0.714. The maximum atomic E-state index is 10.3. The number of aliphatic carboxylic acids is 1. The monoisotopic (exact) mass is 236 g/mol. The van der Waals surface area contributed by atoms with Gasteiger partial charge in [0.15, 0.2) is 0 Å². The van der Waals surface area contributed by atoms with Crippen molar-refractivity contribution in [1.82, 2.24) is 0 Å². The van der Waals surface area contributed by atoms with Gasteiger partial charge in [-0.05, 0) is 31.0 Å². The number of carboxylic acids is 1. The third kappa shape index (κ3) is 5.24. The Kier molecular flexibility index (Phi) is 5.33. The van der Waals surface area contributed by atoms with Gasteiger partial charge in [-0.15, -0.1) is 0 Å². The topological polar surface area (TPSA) is 52.6 Å². The molecule has 0 aliphatic heterocycles. The number of carbonyl (C=O) groups is 1. The molecule has 0 unspecified atom stereocenters. The van der Waals surface area contributed by atoms with E-state index in [1.165, 1.54) is 0 Å². The predicted molar refractivity (Wildman–Crippen MR) is 70.7 cm³/mol. The number of hydrogen-bond acceptors (Lipinski definition) is 3. The van der Waals surface area contributed by atoms with Crippen LogP contribution >= 0.6 is 0 Å². The summed E-state index contributed by atoms with van der Waals surface area (Å²) in [7, 11) is 4.01. The fourth-order valence-corrected chi connectivity index (χ4v) is 1.53. The van der Waals surface area contributed by atoms with Crippen LogP contribution in [0.1, 0.15) is 19.3 Å². The summed E-state index contributed by atoms with van der Waals surface area (Å²) in [6.07, 6.45) is 1.84. The summed E-state index contributed by atoms with van der Waals surface area (Å²) < 4.78 is 0. The molecule has 2 N–H and O–H groups in total. The number of anilines is 2. The first kappa shape index (κ1) is 13.4. The summed E-state index contributed by atoms with van der Waals surface area (Å²) in [6.45, 7) is 0.810. The van der Waals surface area contributed by atoms with Crippen LogP contribution in [0.3, 0.4) is 0 Å². The number of nitrogens with zero attached hydrogens (tertiary/aromatic N) is 1. The van der Waals surface area contributed by atoms with E-state index in [1.807, 2.05) is 26.2 Å². The Labute approximate surface area is 102 Å². The Morgan fingerprint density at radius 3 is 2.76 bits per heavy atom. The number of benzene rings is 1. The molecule has 94 valence electrons. The highest BCUT2D eigenvalue weighted by atomic mass is 16.4. The first-order chi connectivity index (χ1) is 8.09. The molecule has 17 heavy (non-hydrogen) atoms. The maximum absolute atomic E-state index is 10.3. The van der Waals surface area contributed by atoms with E-state index >= 15 is 0 Å². The molecule has 1 rings (SSSR count). The van der Waals surface area contributed by atoms with Gasteiger partial charge in [-0.25, -0.2) is 0 Å². The molecule has 0 bridgehead atoms. The lowest BCUT2D eigenvalue weighted by Gasteiger charge is -2.14. The smallest absolute Gasteiger partial charge is 0.303 e. The van der Waals surface area contributed by atoms with E-state index in [2.05, 4.69) is 22.3 Å². The number of nitrogens with one attached hydrogen (secondary N) is 1. The van der Waals surface area contributed by atoms with Gasteiger partial charge in [-0.2, -0.15) is 0 Å². The molecule has 0 aliphatic carbocycles. The van der Waals surface area contributed by atoms with Crippen LogP contribution in [0.25, 0.3) is 0 Å². The summed E-state index contributed by atoms with van der Waals surface area (Å²) in [5, 5.41) is 11.8. The van der Waals surface area contributed by atoms with Crippen LogP contribution in [-0.2, 0) is 4.79 Å². The molecule has 1 aromatic carbocycles. The fraction of sp³-hybridized carbons (Fsp3) is 0.462. The van der Waals surface area contributed by atoms with Crippen molar-refractivity contribution >= 4 is 17.3 Å². The largest absolute Gasteiger partial charge is 0.481 e. The molecule has 4 nitrogen and oxygen atoms in total. The van der Waals surface area contributed by atoms with E-state index in [9.17, 15) is 4.79 Å². The van der Waals surface area contributed by atoms with Crippen LogP contribution in [0.15, 0.2) is 24.3 Å². The minimum absolute atomic E-state index is 0.249. The summed E-state index contributed by atoms with van der Waals surface area (Å²) in [5.41, 5.74) is 2.23. The highest BCUT2D eigenvalue weighted by Gasteiger charge is 1.98. The van der Waals surface area contributed by atoms with Crippen molar-refractivity contribution in [3.63, 3.8) is 0 Å². The van der Waals surface area contributed by atoms with Gasteiger partial charge >= 0.3 is 5.97 Å². The predicted octanol–water partition coefficient (Wildman–Crippen LogP) is 2.42. The molecule has 1 aromatic rings. The minimum Gasteiger partial charge on any atom is -0.481 e. The SMILES string of the molecule is CN(C)c1cccc(NCCCCC(=O)O)c1. The summed E-state index contributed by atoms with van der Waals surface area (Å²) >= 11 is 0. The average Bonchev–Trinajstić information content (AvgIpc) is 2.28. The van der Waals surface area contributed by atoms with E-state index < -0.39 is 5.97 Å². The molecule has 0 aliphatic rings. The highest BCUT2D eigenvalue weighted by Crippen LogP contribution is 2.17. The highest BCUT2D eigenvalue weighted by molar-refractivity contribution is 5.66. The molecule has 0 saturated carbocycles. The number of hydrogen-bond donors (Lipinski definition) is 2. The zero-order chi connectivity index (χ0) is 12.7. The number of carboxylic acid groups (broad SMARTS) is 1. The Balaban J connectivity index is 2.31. The molecule has 0 saturated heterocycles. The van der Waals surface area contributed by atoms with Gasteiger partial charge in [-0.3, -0.25) is 4.79 Å². The van der Waals surface area contributed by atoms with Crippen molar-refractivity contribution in [3.8, 4) is 0 Å². The van der Waals surface area contributed by atoms with Crippen LogP contribution in [0.2, 0.25) is 0 Å². The number of rotatable bonds is 7. The zero-order valence-corrected chi connectivity index (χ0v) is 10.4. The first-order valence-corrected chi connectivity index (χ1v) is 5.82. The van der Waals surface area contributed by atoms with E-state index in [0.717, 1.165) is 30.8 Å². The Morgan fingerprint density at radius 1 is 1.35 bits per heavy atom. The van der Waals surface area contributed by atoms with Crippen molar-refractivity contribution in [2.24, 2.45) is 0 Å². The molecule has 0 fully saturated rings. The van der Waals surface area contributed by atoms with Gasteiger partial charge in [-0.1, -0.05) is 6.07 Å². The van der Waals surface area contributed by atoms with Crippen LogP contribution in [0.4, 0.5) is 11.4 Å². The average molecular weight is 236 g/mol. The van der Waals surface area contributed by atoms with E-state index in [0.29, 0.717) is 0 Å². The van der Waals surface area contributed by atoms with Crippen molar-refractivity contribution in [3.05, 3.63) is 24.3 Å². The van der Waals surface area contributed by atoms with Crippen LogP contribution in [0.5, 0.6) is 0 Å². The standard InChI is InChI=1S/C13H20N2O2/c1-15(2)12-7-5-6-11(10-12)14-9-4-3-8-13(16)17/h5-7,10,14H,3-4,8-9H2,1-2H3,(H,16,17). The lowest BCUT2D eigenvalue weighted by molar-refractivity contribution is -0.137. The molecule has 0 radical (unpaired) electrons. The van der Waals surface area contributed by atoms with Crippen LogP contribution in [-0.4, -0.2) is 31.7 Å². The molecular weight excluding hydrogens is 216 g/mol. The van der Waals surface area contributed by atoms with Crippen molar-refractivity contribution in [1.29, 1.82) is 0 Å². The van der Waals surface area contributed by atoms with E-state index in [1.54, 1.807) is 0 Å². The van der Waals surface area contributed by atoms with Crippen molar-refractivity contribution in [2.45, 2.75) is 19.3 Å². The van der Waals surface area contributed by atoms with Gasteiger partial charge in [0.25, 0.3) is 0 Å². The van der Waals surface area contributed by atoms with Gasteiger partial charge in [0, 0.05) is 38.4 Å². The van der Waals surface area contributed by atoms with E-state index in [4.69, 9.17) is 5.11 Å². The Hall–Kier alpha value is -1.71. The summed E-state index contributed by atoms with van der Waals surface area (Å²) in [4.78, 5) is 12.4. The molecule has 4 heteroatoms. The normalized spacial score (nSPS) is 10.0. The second kappa shape index (κ2) is 6.78. The third-order valence-electron chi connectivity index (χ3n) is 2.51. The third-order valence-corrected chi connectivity index (χ3v) is 2.51. The fourth-order valence-electron chi connectivity index (χ4n) is 1.53. The summed E-state index contributed by atoms with van der Waals surface area (Å²) in [5.74, 6) is -0.723. The van der Waals surface area contributed by atoms with Crippen LogP contribution in [0, 0.1) is 0 Å². The van der Waals surface area contributed by atoms with Crippen molar-refractivity contribution < 1.29 is 9.90 Å². The molecule has 0 amide bonds. The maximum Gasteiger partial charge on any atom is 0.303 e. The van der Waals surface area contributed by atoms with Gasteiger partial charge in [0.1, 0.15) is 0 Å². The second-order valence-electron chi connectivity index (χ2n) is 4.22. The lowest BCUT2D eigenvalue weighted by atomic mass is 10.2. The van der Waals surface area contributed by atoms with Crippen LogP contribution < -0.4 is 10.2 Å². The molecule has 0 spiro atoms. The Bertz CT molecular complexity index is 364. The second-order valence-corrected chi connectivity index (χ2v) is 4.22. The van der Waals surface area contributed by atoms with E-state index in [-0.39, 0.29) is 6.42 Å². The molecule has 0 atom stereocenters. The van der Waals surface area contributed by atoms with Gasteiger partial charge in [0.2, 0.25) is 0 Å². The summed E-state index contributed by atoms with van der Waals surface area (Å²) in [6, 6.07) is 8.16. The van der Waals surface area contributed by atoms with Gasteiger partial charge < -0.3 is 15.3 Å².